The molecule has 1 aromatic carbocycles. The van der Waals surface area contributed by atoms with Gasteiger partial charge in [-0.25, -0.2) is 0 Å². The Morgan fingerprint density at radius 1 is 1.19 bits per heavy atom. The molecular formula is C17H22O3S. The Morgan fingerprint density at radius 3 is 2.71 bits per heavy atom. The van der Waals surface area contributed by atoms with E-state index < -0.39 is 10.8 Å². The Morgan fingerprint density at radius 2 is 2.00 bits per heavy atom. The van der Waals surface area contributed by atoms with Crippen molar-refractivity contribution >= 4 is 16.4 Å². The predicted molar refractivity (Wildman–Crippen MR) is 86.0 cm³/mol. The monoisotopic (exact) mass is 306 g/mol. The highest BCUT2D eigenvalue weighted by Gasteiger charge is 2.33. The summed E-state index contributed by atoms with van der Waals surface area (Å²) in [5.74, 6) is 0.871. The van der Waals surface area contributed by atoms with Crippen LogP contribution >= 0.6 is 0 Å². The lowest BCUT2D eigenvalue weighted by molar-refractivity contribution is 0.146. The van der Waals surface area contributed by atoms with E-state index in [1.165, 1.54) is 17.6 Å². The van der Waals surface area contributed by atoms with E-state index in [-0.39, 0.29) is 5.25 Å². The van der Waals surface area contributed by atoms with E-state index in [0.29, 0.717) is 18.5 Å². The largest absolute Gasteiger partial charge is 0.491 e. The maximum Gasteiger partial charge on any atom is 0.119 e. The van der Waals surface area contributed by atoms with Crippen molar-refractivity contribution in [1.82, 2.24) is 0 Å². The van der Waals surface area contributed by atoms with Crippen molar-refractivity contribution < 1.29 is 13.7 Å². The fraction of sp³-hybridized carbons (Fsp3) is 0.529. The highest BCUT2D eigenvalue weighted by atomic mass is 32.2. The van der Waals surface area contributed by atoms with E-state index in [9.17, 15) is 4.21 Å². The van der Waals surface area contributed by atoms with Gasteiger partial charge in [0, 0.05) is 23.2 Å². The Hall–Kier alpha value is -1.13. The first kappa shape index (κ1) is 14.8. The number of fused-ring (bicyclic) bond motifs is 2. The van der Waals surface area contributed by atoms with Gasteiger partial charge in [0.1, 0.15) is 12.4 Å². The summed E-state index contributed by atoms with van der Waals surface area (Å²) in [4.78, 5) is 0. The first-order valence-corrected chi connectivity index (χ1v) is 8.88. The lowest BCUT2D eigenvalue weighted by Gasteiger charge is -2.32. The first-order valence-electron chi connectivity index (χ1n) is 7.60. The molecule has 21 heavy (non-hydrogen) atoms. The first-order chi connectivity index (χ1) is 10.3. The van der Waals surface area contributed by atoms with Gasteiger partial charge in [0.25, 0.3) is 0 Å². The summed E-state index contributed by atoms with van der Waals surface area (Å²) < 4.78 is 22.8. The van der Waals surface area contributed by atoms with Crippen LogP contribution in [0.2, 0.25) is 0 Å². The summed E-state index contributed by atoms with van der Waals surface area (Å²) >= 11 is 0. The number of benzene rings is 1. The molecule has 1 fully saturated rings. The van der Waals surface area contributed by atoms with E-state index in [4.69, 9.17) is 9.47 Å². The minimum Gasteiger partial charge on any atom is -0.491 e. The molecule has 0 N–H and O–H groups in total. The van der Waals surface area contributed by atoms with Crippen LogP contribution in [0.5, 0.6) is 5.75 Å². The molecule has 4 heteroatoms. The van der Waals surface area contributed by atoms with Crippen LogP contribution in [0.25, 0.3) is 5.57 Å². The van der Waals surface area contributed by atoms with Crippen molar-refractivity contribution in [3.8, 4) is 5.75 Å². The van der Waals surface area contributed by atoms with E-state index in [0.717, 1.165) is 25.0 Å². The molecule has 3 nitrogen and oxygen atoms in total. The fourth-order valence-corrected chi connectivity index (χ4v) is 5.06. The third kappa shape index (κ3) is 3.38. The van der Waals surface area contributed by atoms with Crippen molar-refractivity contribution in [3.63, 3.8) is 0 Å². The molecule has 0 radical (unpaired) electrons. The summed E-state index contributed by atoms with van der Waals surface area (Å²) in [6.07, 6.45) is 6.60. The molecule has 2 heterocycles. The standard InChI is InChI=1S/C17H22O3S/c1-19-9-10-20-15-7-5-13(6-8-15)14-11-16-3-2-4-17(12-14)21(16)18/h5-8,11,16-17H,2-4,9-10,12H2,1H3. The third-order valence-electron chi connectivity index (χ3n) is 4.26. The Bertz CT molecular complexity index is 535. The molecule has 3 rings (SSSR count). The van der Waals surface area contributed by atoms with Gasteiger partial charge in [-0.2, -0.15) is 0 Å². The van der Waals surface area contributed by atoms with Crippen molar-refractivity contribution in [2.45, 2.75) is 36.2 Å². The quantitative estimate of drug-likeness (QED) is 0.784. The van der Waals surface area contributed by atoms with Gasteiger partial charge in [0.2, 0.25) is 0 Å². The van der Waals surface area contributed by atoms with Gasteiger partial charge in [0.05, 0.1) is 11.9 Å². The number of ether oxygens (including phenoxy) is 2. The van der Waals surface area contributed by atoms with Crippen LogP contribution in [0.1, 0.15) is 31.2 Å². The second-order valence-electron chi connectivity index (χ2n) is 5.68. The zero-order valence-corrected chi connectivity index (χ0v) is 13.2. The lowest BCUT2D eigenvalue weighted by atomic mass is 9.93. The average Bonchev–Trinajstić information content (AvgIpc) is 2.48. The zero-order valence-electron chi connectivity index (χ0n) is 12.4. The third-order valence-corrected chi connectivity index (χ3v) is 6.29. The maximum absolute atomic E-state index is 12.2. The Labute approximate surface area is 128 Å². The van der Waals surface area contributed by atoms with Crippen LogP contribution in [-0.2, 0) is 15.5 Å². The van der Waals surface area contributed by atoms with Crippen LogP contribution in [0.4, 0.5) is 0 Å². The maximum atomic E-state index is 12.2. The Balaban J connectivity index is 1.71. The van der Waals surface area contributed by atoms with E-state index >= 15 is 0 Å². The van der Waals surface area contributed by atoms with E-state index in [1.807, 2.05) is 12.1 Å². The van der Waals surface area contributed by atoms with Crippen molar-refractivity contribution in [1.29, 1.82) is 0 Å². The van der Waals surface area contributed by atoms with Crippen molar-refractivity contribution in [2.75, 3.05) is 20.3 Å². The van der Waals surface area contributed by atoms with Gasteiger partial charge in [-0.05, 0) is 42.5 Å². The molecule has 0 spiro atoms. The van der Waals surface area contributed by atoms with Crippen LogP contribution in [0, 0.1) is 0 Å². The van der Waals surface area contributed by atoms with Crippen molar-refractivity contribution in [3.05, 3.63) is 35.9 Å². The van der Waals surface area contributed by atoms with Gasteiger partial charge in [-0.3, -0.25) is 4.21 Å². The van der Waals surface area contributed by atoms with Crippen LogP contribution in [0.3, 0.4) is 0 Å². The second-order valence-corrected chi connectivity index (χ2v) is 7.61. The predicted octanol–water partition coefficient (Wildman–Crippen LogP) is 3.17. The minimum atomic E-state index is -0.655. The molecule has 0 aromatic heterocycles. The molecule has 3 atom stereocenters. The minimum absolute atomic E-state index is 0.269. The lowest BCUT2D eigenvalue weighted by Crippen LogP contribution is -2.33. The molecule has 2 bridgehead atoms. The molecule has 114 valence electrons. The summed E-state index contributed by atoms with van der Waals surface area (Å²) in [7, 11) is 1.01. The molecule has 1 saturated heterocycles. The smallest absolute Gasteiger partial charge is 0.119 e. The number of hydrogen-bond donors (Lipinski definition) is 0. The van der Waals surface area contributed by atoms with Gasteiger partial charge in [-0.15, -0.1) is 0 Å². The van der Waals surface area contributed by atoms with Gasteiger partial charge in [-0.1, -0.05) is 24.6 Å². The molecule has 0 aliphatic carbocycles. The van der Waals surface area contributed by atoms with Gasteiger partial charge in [0.15, 0.2) is 0 Å². The highest BCUT2D eigenvalue weighted by Crippen LogP contribution is 2.37. The summed E-state index contributed by atoms with van der Waals surface area (Å²) in [6, 6.07) is 8.23. The molecule has 1 aromatic rings. The number of allylic oxidation sites excluding steroid dienone is 1. The molecule has 3 unspecified atom stereocenters. The van der Waals surface area contributed by atoms with Gasteiger partial charge >= 0.3 is 0 Å². The van der Waals surface area contributed by atoms with Crippen LogP contribution in [-0.4, -0.2) is 35.0 Å². The van der Waals surface area contributed by atoms with Crippen molar-refractivity contribution in [2.24, 2.45) is 0 Å². The fourth-order valence-electron chi connectivity index (χ4n) is 3.12. The second kappa shape index (κ2) is 6.75. The zero-order chi connectivity index (χ0) is 14.7. The van der Waals surface area contributed by atoms with E-state index in [1.54, 1.807) is 7.11 Å². The van der Waals surface area contributed by atoms with Crippen LogP contribution < -0.4 is 4.74 Å². The van der Waals surface area contributed by atoms with Crippen LogP contribution in [0.15, 0.2) is 30.3 Å². The molecule has 0 saturated carbocycles. The summed E-state index contributed by atoms with van der Waals surface area (Å²) in [5.41, 5.74) is 2.59. The molecular weight excluding hydrogens is 284 g/mol. The summed E-state index contributed by atoms with van der Waals surface area (Å²) in [5, 5.41) is 0.631. The SMILES string of the molecule is COCCOc1ccc(C2=CC3CCCC(C2)S3=O)cc1. The van der Waals surface area contributed by atoms with E-state index in [2.05, 4.69) is 18.2 Å². The molecule has 2 aliphatic rings. The highest BCUT2D eigenvalue weighted by molar-refractivity contribution is 7.86. The topological polar surface area (TPSA) is 35.5 Å². The molecule has 0 amide bonds. The summed E-state index contributed by atoms with van der Waals surface area (Å²) in [6.45, 7) is 1.17. The average molecular weight is 306 g/mol. The number of methoxy groups -OCH3 is 1. The Kier molecular flexibility index (Phi) is 4.76. The van der Waals surface area contributed by atoms with Gasteiger partial charge < -0.3 is 9.47 Å². The number of rotatable bonds is 5. The normalized spacial score (nSPS) is 28.0. The molecule has 2 aliphatic heterocycles. The number of hydrogen-bond acceptors (Lipinski definition) is 3.